The van der Waals surface area contributed by atoms with Crippen LogP contribution in [0.25, 0.3) is 0 Å². The number of aliphatic hydroxyl groups excluding tert-OH is 1. The molecule has 1 aliphatic heterocycles. The first kappa shape index (κ1) is 17.9. The molecule has 1 aromatic carbocycles. The molecule has 0 amide bonds. The van der Waals surface area contributed by atoms with E-state index < -0.39 is 0 Å². The quantitative estimate of drug-likeness (QED) is 0.902. The lowest BCUT2D eigenvalue weighted by molar-refractivity contribution is 0.105. The summed E-state index contributed by atoms with van der Waals surface area (Å²) in [4.78, 5) is 11.1. The van der Waals surface area contributed by atoms with Crippen LogP contribution in [-0.2, 0) is 6.42 Å². The summed E-state index contributed by atoms with van der Waals surface area (Å²) in [6.45, 7) is 8.56. The van der Waals surface area contributed by atoms with E-state index in [0.717, 1.165) is 38.2 Å². The molecular formula is C21H29N3O. The number of aryl methyl sites for hydroxylation is 1. The summed E-state index contributed by atoms with van der Waals surface area (Å²) in [5.74, 6) is 1.42. The van der Waals surface area contributed by atoms with Crippen LogP contribution in [0.2, 0.25) is 0 Å². The number of rotatable bonds is 5. The van der Waals surface area contributed by atoms with Crippen molar-refractivity contribution in [2.24, 2.45) is 5.41 Å². The van der Waals surface area contributed by atoms with Gasteiger partial charge in [-0.3, -0.25) is 0 Å². The molecule has 0 spiro atoms. The SMILES string of the molecule is Cc1ccccc1C[C@@]1(CO)CCCN(c2ncncc2C(C)C)C1. The summed E-state index contributed by atoms with van der Waals surface area (Å²) in [6.07, 6.45) is 6.61. The van der Waals surface area contributed by atoms with E-state index in [1.165, 1.54) is 16.7 Å². The molecule has 3 rings (SSSR count). The van der Waals surface area contributed by atoms with Crippen molar-refractivity contribution in [1.82, 2.24) is 9.97 Å². The van der Waals surface area contributed by atoms with E-state index in [1.54, 1.807) is 6.33 Å². The van der Waals surface area contributed by atoms with E-state index in [2.05, 4.69) is 59.9 Å². The van der Waals surface area contributed by atoms with Gasteiger partial charge in [0.2, 0.25) is 0 Å². The van der Waals surface area contributed by atoms with Crippen LogP contribution in [0.1, 0.15) is 49.3 Å². The molecule has 1 atom stereocenters. The van der Waals surface area contributed by atoms with Crippen molar-refractivity contribution in [2.45, 2.75) is 46.0 Å². The molecule has 1 saturated heterocycles. The summed E-state index contributed by atoms with van der Waals surface area (Å²) in [6, 6.07) is 8.51. The number of hydrogen-bond donors (Lipinski definition) is 1. The highest BCUT2D eigenvalue weighted by atomic mass is 16.3. The monoisotopic (exact) mass is 339 g/mol. The Bertz CT molecular complexity index is 716. The maximum absolute atomic E-state index is 10.3. The minimum Gasteiger partial charge on any atom is -0.396 e. The van der Waals surface area contributed by atoms with Crippen LogP contribution < -0.4 is 4.90 Å². The van der Waals surface area contributed by atoms with E-state index in [-0.39, 0.29) is 12.0 Å². The summed E-state index contributed by atoms with van der Waals surface area (Å²) >= 11 is 0. The standard InChI is InChI=1S/C21H29N3O/c1-16(2)19-12-22-15-23-20(19)24-10-6-9-21(13-24,14-25)11-18-8-5-4-7-17(18)3/h4-5,7-8,12,15-16,25H,6,9-11,13-14H2,1-3H3/t21-/m0/s1. The third-order valence-corrected chi connectivity index (χ3v) is 5.46. The van der Waals surface area contributed by atoms with Gasteiger partial charge in [0.25, 0.3) is 0 Å². The summed E-state index contributed by atoms with van der Waals surface area (Å²) in [5, 5.41) is 10.3. The van der Waals surface area contributed by atoms with E-state index in [1.807, 2.05) is 6.20 Å². The third-order valence-electron chi connectivity index (χ3n) is 5.46. The minimum atomic E-state index is -0.108. The molecule has 1 aromatic heterocycles. The summed E-state index contributed by atoms with van der Waals surface area (Å²) in [7, 11) is 0. The highest BCUT2D eigenvalue weighted by molar-refractivity contribution is 5.48. The fourth-order valence-corrected chi connectivity index (χ4v) is 3.94. The molecular weight excluding hydrogens is 310 g/mol. The molecule has 1 N–H and O–H groups in total. The molecule has 4 heteroatoms. The van der Waals surface area contributed by atoms with Crippen molar-refractivity contribution < 1.29 is 5.11 Å². The topological polar surface area (TPSA) is 49.2 Å². The molecule has 0 saturated carbocycles. The van der Waals surface area contributed by atoms with E-state index in [9.17, 15) is 5.11 Å². The van der Waals surface area contributed by atoms with Gasteiger partial charge >= 0.3 is 0 Å². The zero-order valence-corrected chi connectivity index (χ0v) is 15.6. The largest absolute Gasteiger partial charge is 0.396 e. The lowest BCUT2D eigenvalue weighted by atomic mass is 9.75. The van der Waals surface area contributed by atoms with Crippen molar-refractivity contribution in [2.75, 3.05) is 24.6 Å². The molecule has 134 valence electrons. The van der Waals surface area contributed by atoms with Crippen LogP contribution in [0.4, 0.5) is 5.82 Å². The fraction of sp³-hybridized carbons (Fsp3) is 0.524. The number of hydrogen-bond acceptors (Lipinski definition) is 4. The smallest absolute Gasteiger partial charge is 0.135 e. The summed E-state index contributed by atoms with van der Waals surface area (Å²) < 4.78 is 0. The average Bonchev–Trinajstić information content (AvgIpc) is 2.64. The van der Waals surface area contributed by atoms with Crippen molar-refractivity contribution in [3.05, 3.63) is 53.5 Å². The van der Waals surface area contributed by atoms with Crippen LogP contribution in [0.3, 0.4) is 0 Å². The van der Waals surface area contributed by atoms with Crippen LogP contribution in [0.15, 0.2) is 36.8 Å². The highest BCUT2D eigenvalue weighted by Gasteiger charge is 2.36. The van der Waals surface area contributed by atoms with Gasteiger partial charge in [0, 0.05) is 30.3 Å². The first-order valence-electron chi connectivity index (χ1n) is 9.25. The predicted octanol–water partition coefficient (Wildman–Crippen LogP) is 3.73. The lowest BCUT2D eigenvalue weighted by Crippen LogP contribution is -2.47. The van der Waals surface area contributed by atoms with Gasteiger partial charge in [-0.2, -0.15) is 0 Å². The molecule has 0 aliphatic carbocycles. The van der Waals surface area contributed by atoms with Gasteiger partial charge in [0.15, 0.2) is 0 Å². The zero-order valence-electron chi connectivity index (χ0n) is 15.6. The van der Waals surface area contributed by atoms with Gasteiger partial charge in [-0.25, -0.2) is 9.97 Å². The second-order valence-electron chi connectivity index (χ2n) is 7.74. The number of nitrogens with zero attached hydrogens (tertiary/aromatic N) is 3. The molecule has 4 nitrogen and oxygen atoms in total. The van der Waals surface area contributed by atoms with E-state index >= 15 is 0 Å². The van der Waals surface area contributed by atoms with Crippen molar-refractivity contribution in [3.63, 3.8) is 0 Å². The zero-order chi connectivity index (χ0) is 17.9. The van der Waals surface area contributed by atoms with Crippen LogP contribution in [0.5, 0.6) is 0 Å². The van der Waals surface area contributed by atoms with Crippen LogP contribution in [-0.4, -0.2) is 34.8 Å². The van der Waals surface area contributed by atoms with Crippen molar-refractivity contribution >= 4 is 5.82 Å². The Balaban J connectivity index is 1.87. The Hall–Kier alpha value is -1.94. The fourth-order valence-electron chi connectivity index (χ4n) is 3.94. The molecule has 1 fully saturated rings. The lowest BCUT2D eigenvalue weighted by Gasteiger charge is -2.43. The second-order valence-corrected chi connectivity index (χ2v) is 7.74. The molecule has 0 radical (unpaired) electrons. The molecule has 1 aliphatic rings. The van der Waals surface area contributed by atoms with Crippen LogP contribution in [0, 0.1) is 12.3 Å². The predicted molar refractivity (Wildman–Crippen MR) is 102 cm³/mol. The Morgan fingerprint density at radius 3 is 2.80 bits per heavy atom. The molecule has 2 heterocycles. The van der Waals surface area contributed by atoms with E-state index in [0.29, 0.717) is 5.92 Å². The third kappa shape index (κ3) is 3.84. The van der Waals surface area contributed by atoms with Gasteiger partial charge in [-0.05, 0) is 43.2 Å². The number of aromatic nitrogens is 2. The Morgan fingerprint density at radius 2 is 2.08 bits per heavy atom. The van der Waals surface area contributed by atoms with Gasteiger partial charge in [-0.15, -0.1) is 0 Å². The maximum Gasteiger partial charge on any atom is 0.135 e. The van der Waals surface area contributed by atoms with Crippen molar-refractivity contribution in [1.29, 1.82) is 0 Å². The van der Waals surface area contributed by atoms with E-state index in [4.69, 9.17) is 0 Å². The first-order chi connectivity index (χ1) is 12.0. The number of anilines is 1. The van der Waals surface area contributed by atoms with Crippen LogP contribution >= 0.6 is 0 Å². The highest BCUT2D eigenvalue weighted by Crippen LogP contribution is 2.37. The summed E-state index contributed by atoms with van der Waals surface area (Å²) in [5.41, 5.74) is 3.72. The van der Waals surface area contributed by atoms with Gasteiger partial charge in [0.1, 0.15) is 12.1 Å². The Kier molecular flexibility index (Phi) is 5.38. The number of aliphatic hydroxyl groups is 1. The number of benzene rings is 1. The number of piperidine rings is 1. The Morgan fingerprint density at radius 1 is 1.28 bits per heavy atom. The van der Waals surface area contributed by atoms with Gasteiger partial charge in [-0.1, -0.05) is 38.1 Å². The Labute approximate surface area is 150 Å². The van der Waals surface area contributed by atoms with Crippen molar-refractivity contribution in [3.8, 4) is 0 Å². The maximum atomic E-state index is 10.3. The molecule has 25 heavy (non-hydrogen) atoms. The molecule has 0 bridgehead atoms. The molecule has 2 aromatic rings. The first-order valence-corrected chi connectivity index (χ1v) is 9.25. The van der Waals surface area contributed by atoms with Gasteiger partial charge < -0.3 is 10.0 Å². The normalized spacial score (nSPS) is 20.9. The minimum absolute atomic E-state index is 0.108. The average molecular weight is 339 g/mol. The molecule has 0 unspecified atom stereocenters. The van der Waals surface area contributed by atoms with Gasteiger partial charge in [0.05, 0.1) is 6.61 Å². The second kappa shape index (κ2) is 7.52.